The lowest BCUT2D eigenvalue weighted by Gasteiger charge is -2.15. The standard InChI is InChI=1S/C13H18N4O5S/c1-2-8-5-17(13-9(8)4-15-7-16-13)12-3-10(18)11(22-12)6-21-23(14,19)20/h4-5,7,10-12,18H,2-3,6H2,1H3,(H2,14,19,20)/t10-,11?,12+/m0/s1. The maximum absolute atomic E-state index is 10.9. The first-order chi connectivity index (χ1) is 10.9. The molecule has 2 aromatic rings. The highest BCUT2D eigenvalue weighted by Crippen LogP contribution is 2.33. The van der Waals surface area contributed by atoms with Crippen LogP contribution < -0.4 is 5.14 Å². The van der Waals surface area contributed by atoms with Gasteiger partial charge in [-0.1, -0.05) is 6.92 Å². The molecule has 1 saturated heterocycles. The Morgan fingerprint density at radius 3 is 3.04 bits per heavy atom. The van der Waals surface area contributed by atoms with Crippen LogP contribution in [0.1, 0.15) is 25.1 Å². The van der Waals surface area contributed by atoms with Crippen LogP contribution in [0.25, 0.3) is 11.0 Å². The van der Waals surface area contributed by atoms with E-state index in [2.05, 4.69) is 14.2 Å². The Hall–Kier alpha value is -1.59. The maximum Gasteiger partial charge on any atom is 0.333 e. The molecule has 0 aliphatic carbocycles. The Morgan fingerprint density at radius 2 is 2.35 bits per heavy atom. The summed E-state index contributed by atoms with van der Waals surface area (Å²) in [6, 6.07) is 0. The molecule has 0 saturated carbocycles. The van der Waals surface area contributed by atoms with Gasteiger partial charge in [-0.25, -0.2) is 15.1 Å². The molecule has 9 nitrogen and oxygen atoms in total. The Kier molecular flexibility index (Phi) is 4.34. The summed E-state index contributed by atoms with van der Waals surface area (Å²) < 4.78 is 33.8. The van der Waals surface area contributed by atoms with E-state index < -0.39 is 28.7 Å². The summed E-state index contributed by atoms with van der Waals surface area (Å²) in [5, 5.41) is 15.8. The van der Waals surface area contributed by atoms with Crippen LogP contribution in [0.3, 0.4) is 0 Å². The van der Waals surface area contributed by atoms with E-state index in [9.17, 15) is 13.5 Å². The van der Waals surface area contributed by atoms with Crippen molar-refractivity contribution in [3.05, 3.63) is 24.3 Å². The van der Waals surface area contributed by atoms with E-state index in [1.54, 1.807) is 6.20 Å². The maximum atomic E-state index is 10.9. The molecule has 1 aliphatic rings. The van der Waals surface area contributed by atoms with Crippen molar-refractivity contribution >= 4 is 21.3 Å². The van der Waals surface area contributed by atoms with Crippen molar-refractivity contribution in [2.24, 2.45) is 5.14 Å². The summed E-state index contributed by atoms with van der Waals surface area (Å²) in [6.45, 7) is 1.70. The molecule has 3 atom stereocenters. The largest absolute Gasteiger partial charge is 0.390 e. The van der Waals surface area contributed by atoms with Gasteiger partial charge in [-0.05, 0) is 12.0 Å². The molecule has 1 unspecified atom stereocenters. The Morgan fingerprint density at radius 1 is 1.57 bits per heavy atom. The lowest BCUT2D eigenvalue weighted by atomic mass is 10.2. The molecule has 23 heavy (non-hydrogen) atoms. The van der Waals surface area contributed by atoms with Crippen LogP contribution >= 0.6 is 0 Å². The summed E-state index contributed by atoms with van der Waals surface area (Å²) in [5.74, 6) is 0. The van der Waals surface area contributed by atoms with E-state index >= 15 is 0 Å². The van der Waals surface area contributed by atoms with E-state index in [1.807, 2.05) is 17.7 Å². The van der Waals surface area contributed by atoms with Gasteiger partial charge in [0.1, 0.15) is 24.3 Å². The molecule has 3 heterocycles. The van der Waals surface area contributed by atoms with Gasteiger partial charge in [-0.2, -0.15) is 8.42 Å². The second-order valence-corrected chi connectivity index (χ2v) is 6.61. The number of nitrogens with zero attached hydrogens (tertiary/aromatic N) is 3. The zero-order chi connectivity index (χ0) is 16.6. The van der Waals surface area contributed by atoms with Crippen LogP contribution in [-0.4, -0.2) is 46.9 Å². The Balaban J connectivity index is 1.83. The third-order valence-corrected chi connectivity index (χ3v) is 4.33. The van der Waals surface area contributed by atoms with Crippen molar-refractivity contribution in [1.29, 1.82) is 0 Å². The molecular formula is C13H18N4O5S. The molecule has 1 fully saturated rings. The first-order valence-electron chi connectivity index (χ1n) is 7.19. The number of fused-ring (bicyclic) bond motifs is 1. The summed E-state index contributed by atoms with van der Waals surface area (Å²) in [6.07, 6.45) is 4.13. The second kappa shape index (κ2) is 6.13. The predicted molar refractivity (Wildman–Crippen MR) is 80.5 cm³/mol. The number of aliphatic hydroxyl groups excluding tert-OH is 1. The number of aryl methyl sites for hydroxylation is 1. The molecular weight excluding hydrogens is 324 g/mol. The minimum Gasteiger partial charge on any atom is -0.390 e. The highest BCUT2D eigenvalue weighted by molar-refractivity contribution is 7.84. The minimum absolute atomic E-state index is 0.301. The van der Waals surface area contributed by atoms with E-state index in [0.29, 0.717) is 12.1 Å². The first-order valence-corrected chi connectivity index (χ1v) is 8.66. The van der Waals surface area contributed by atoms with Gasteiger partial charge in [0, 0.05) is 24.2 Å². The number of hydrogen-bond acceptors (Lipinski definition) is 7. The van der Waals surface area contributed by atoms with Crippen molar-refractivity contribution < 1.29 is 22.4 Å². The lowest BCUT2D eigenvalue weighted by Crippen LogP contribution is -2.30. The molecule has 3 rings (SSSR count). The van der Waals surface area contributed by atoms with Crippen LogP contribution in [0.2, 0.25) is 0 Å². The van der Waals surface area contributed by atoms with Gasteiger partial charge in [-0.15, -0.1) is 0 Å². The van der Waals surface area contributed by atoms with Crippen LogP contribution in [0, 0.1) is 0 Å². The zero-order valence-corrected chi connectivity index (χ0v) is 13.3. The lowest BCUT2D eigenvalue weighted by molar-refractivity contribution is -0.0369. The third-order valence-electron chi connectivity index (χ3n) is 3.87. The molecule has 126 valence electrons. The van der Waals surface area contributed by atoms with Crippen molar-refractivity contribution in [2.75, 3.05) is 6.61 Å². The molecule has 0 spiro atoms. The van der Waals surface area contributed by atoms with Gasteiger partial charge in [0.2, 0.25) is 0 Å². The molecule has 0 radical (unpaired) electrons. The molecule has 0 amide bonds. The SMILES string of the molecule is CCc1cn([C@H]2C[C@H](O)C(COS(N)(=O)=O)O2)c2ncncc12. The van der Waals surface area contributed by atoms with Gasteiger partial charge >= 0.3 is 10.3 Å². The second-order valence-electron chi connectivity index (χ2n) is 5.38. The molecule has 10 heteroatoms. The van der Waals surface area contributed by atoms with E-state index in [-0.39, 0.29) is 6.61 Å². The van der Waals surface area contributed by atoms with Gasteiger partial charge in [0.15, 0.2) is 0 Å². The monoisotopic (exact) mass is 342 g/mol. The van der Waals surface area contributed by atoms with Crippen molar-refractivity contribution in [2.45, 2.75) is 38.2 Å². The zero-order valence-electron chi connectivity index (χ0n) is 12.5. The summed E-state index contributed by atoms with van der Waals surface area (Å²) >= 11 is 0. The first kappa shape index (κ1) is 16.3. The summed E-state index contributed by atoms with van der Waals surface area (Å²) in [5.41, 5.74) is 1.78. The topological polar surface area (TPSA) is 130 Å². The summed E-state index contributed by atoms with van der Waals surface area (Å²) in [7, 11) is -4.07. The van der Waals surface area contributed by atoms with Gasteiger partial charge < -0.3 is 14.4 Å². The fourth-order valence-corrected chi connectivity index (χ4v) is 3.08. The molecule has 0 aromatic carbocycles. The fourth-order valence-electron chi connectivity index (χ4n) is 2.75. The smallest absolute Gasteiger partial charge is 0.333 e. The van der Waals surface area contributed by atoms with Crippen molar-refractivity contribution in [3.63, 3.8) is 0 Å². The van der Waals surface area contributed by atoms with Crippen LogP contribution in [-0.2, 0) is 25.6 Å². The van der Waals surface area contributed by atoms with Crippen molar-refractivity contribution in [3.8, 4) is 0 Å². The summed E-state index contributed by atoms with van der Waals surface area (Å²) in [4.78, 5) is 8.31. The fraction of sp³-hybridized carbons (Fsp3) is 0.538. The number of ether oxygens (including phenoxy) is 1. The normalized spacial score (nSPS) is 25.3. The number of aromatic nitrogens is 3. The molecule has 1 aliphatic heterocycles. The molecule has 2 aromatic heterocycles. The number of aliphatic hydroxyl groups is 1. The van der Waals surface area contributed by atoms with Gasteiger partial charge in [-0.3, -0.25) is 4.18 Å². The van der Waals surface area contributed by atoms with E-state index in [1.165, 1.54) is 6.33 Å². The van der Waals surface area contributed by atoms with E-state index in [4.69, 9.17) is 9.88 Å². The average Bonchev–Trinajstić information content (AvgIpc) is 3.05. The molecule has 0 bridgehead atoms. The van der Waals surface area contributed by atoms with Gasteiger partial charge in [0.25, 0.3) is 0 Å². The van der Waals surface area contributed by atoms with Gasteiger partial charge in [0.05, 0.1) is 12.7 Å². The van der Waals surface area contributed by atoms with E-state index in [0.717, 1.165) is 17.4 Å². The number of nitrogens with two attached hydrogens (primary N) is 1. The van der Waals surface area contributed by atoms with Crippen LogP contribution in [0.15, 0.2) is 18.7 Å². The Labute approximate surface area is 133 Å². The van der Waals surface area contributed by atoms with Crippen LogP contribution in [0.4, 0.5) is 0 Å². The third kappa shape index (κ3) is 3.35. The predicted octanol–water partition coefficient (Wildman–Crippen LogP) is -0.138. The minimum atomic E-state index is -4.07. The number of hydrogen-bond donors (Lipinski definition) is 2. The number of rotatable bonds is 5. The highest BCUT2D eigenvalue weighted by atomic mass is 32.2. The Bertz CT molecular complexity index is 806. The quantitative estimate of drug-likeness (QED) is 0.773. The molecule has 3 N–H and O–H groups in total. The van der Waals surface area contributed by atoms with Crippen molar-refractivity contribution in [1.82, 2.24) is 14.5 Å². The van der Waals surface area contributed by atoms with Crippen LogP contribution in [0.5, 0.6) is 0 Å². The highest BCUT2D eigenvalue weighted by Gasteiger charge is 2.36. The average molecular weight is 342 g/mol.